The fourth-order valence-corrected chi connectivity index (χ4v) is 5.43. The summed E-state index contributed by atoms with van der Waals surface area (Å²) in [6.45, 7) is 1.21. The summed E-state index contributed by atoms with van der Waals surface area (Å²) in [5, 5.41) is 3.20. The predicted octanol–water partition coefficient (Wildman–Crippen LogP) is 4.89. The van der Waals surface area contributed by atoms with Crippen molar-refractivity contribution in [3.63, 3.8) is 0 Å². The van der Waals surface area contributed by atoms with E-state index in [1.54, 1.807) is 18.2 Å². The molecule has 5 rings (SSSR count). The van der Waals surface area contributed by atoms with E-state index in [9.17, 15) is 22.0 Å². The Bertz CT molecular complexity index is 1330. The first kappa shape index (κ1) is 24.0. The summed E-state index contributed by atoms with van der Waals surface area (Å²) in [4.78, 5) is 21.7. The van der Waals surface area contributed by atoms with Gasteiger partial charge in [0.05, 0.1) is 33.8 Å². The van der Waals surface area contributed by atoms with E-state index in [1.807, 2.05) is 6.92 Å². The van der Waals surface area contributed by atoms with Crippen LogP contribution in [-0.2, 0) is 32.2 Å². The number of ketones is 1. The van der Waals surface area contributed by atoms with Gasteiger partial charge in [0.2, 0.25) is 0 Å². The van der Waals surface area contributed by atoms with Gasteiger partial charge in [-0.1, -0.05) is 6.07 Å². The molecule has 2 aliphatic heterocycles. The maximum Gasteiger partial charge on any atom is 0.271 e. The van der Waals surface area contributed by atoms with Crippen molar-refractivity contribution in [3.8, 4) is 0 Å². The zero-order valence-corrected chi connectivity index (χ0v) is 20.4. The van der Waals surface area contributed by atoms with Crippen LogP contribution in [0.4, 0.5) is 25.8 Å². The lowest BCUT2D eigenvalue weighted by Crippen LogP contribution is -2.31. The number of aliphatic imine (C=N–C) groups is 1. The number of nitrogens with one attached hydrogen (secondary N) is 1. The van der Waals surface area contributed by atoms with Gasteiger partial charge in [-0.15, -0.1) is 0 Å². The van der Waals surface area contributed by atoms with Crippen molar-refractivity contribution in [2.45, 2.75) is 62.4 Å². The summed E-state index contributed by atoms with van der Waals surface area (Å²) < 4.78 is 57.7. The largest absolute Gasteiger partial charge is 0.367 e. The van der Waals surface area contributed by atoms with Crippen LogP contribution < -0.4 is 5.32 Å². The maximum absolute atomic E-state index is 13.5. The molecule has 7 nitrogen and oxygen atoms in total. The summed E-state index contributed by atoms with van der Waals surface area (Å²) in [6, 6.07) is 6.56. The third kappa shape index (κ3) is 5.28. The number of nitrogens with zero attached hydrogens (tertiary/aromatic N) is 2. The SMILES string of the molecule is CC1=Nc2c(Nc3ccc([C@@H]4CCC(F)(F)CO4)cc3S(C)(=O)=O)cc(CC(=O)C3CC3)nc2C1. The van der Waals surface area contributed by atoms with Crippen molar-refractivity contribution in [1.82, 2.24) is 4.98 Å². The summed E-state index contributed by atoms with van der Waals surface area (Å²) in [7, 11) is -3.67. The highest BCUT2D eigenvalue weighted by Gasteiger charge is 2.37. The number of pyridine rings is 1. The van der Waals surface area contributed by atoms with Gasteiger partial charge in [0.1, 0.15) is 18.1 Å². The third-order valence-corrected chi connectivity index (χ3v) is 7.68. The summed E-state index contributed by atoms with van der Waals surface area (Å²) >= 11 is 0. The Hall–Kier alpha value is -2.72. The number of carbonyl (C=O) groups excluding carboxylic acids is 1. The molecule has 35 heavy (non-hydrogen) atoms. The average molecular weight is 504 g/mol. The van der Waals surface area contributed by atoms with Crippen molar-refractivity contribution in [2.75, 3.05) is 18.2 Å². The molecule has 1 aromatic carbocycles. The second kappa shape index (κ2) is 8.74. The fraction of sp³-hybridized carbons (Fsp3) is 0.480. The van der Waals surface area contributed by atoms with Gasteiger partial charge in [0, 0.05) is 37.1 Å². The molecule has 186 valence electrons. The number of carbonyl (C=O) groups is 1. The van der Waals surface area contributed by atoms with Crippen molar-refractivity contribution in [3.05, 3.63) is 41.2 Å². The standard InChI is InChI=1S/C25H27F2N3O4S/c1-14-9-19-24(28-14)20(11-17(29-19)12-21(31)15-3-4-15)30-18-6-5-16(10-23(18)35(2,32)33)22-7-8-25(26,27)13-34-22/h5-6,10-11,15,22H,3-4,7-9,12-13H2,1-2H3,(H,29,30)/t22-/m0/s1. The number of fused-ring (bicyclic) bond motifs is 1. The number of hydrogen-bond acceptors (Lipinski definition) is 7. The highest BCUT2D eigenvalue weighted by atomic mass is 32.2. The zero-order chi connectivity index (χ0) is 25.0. The van der Waals surface area contributed by atoms with Crippen LogP contribution in [0.15, 0.2) is 34.2 Å². The number of ether oxygens (including phenoxy) is 1. The quantitative estimate of drug-likeness (QED) is 0.578. The Balaban J connectivity index is 1.48. The van der Waals surface area contributed by atoms with Gasteiger partial charge < -0.3 is 10.1 Å². The van der Waals surface area contributed by atoms with Crippen LogP contribution >= 0.6 is 0 Å². The van der Waals surface area contributed by atoms with Gasteiger partial charge in [-0.05, 0) is 49.9 Å². The molecule has 0 spiro atoms. The van der Waals surface area contributed by atoms with Gasteiger partial charge in [0.25, 0.3) is 5.92 Å². The molecular formula is C25H27F2N3O4S. The molecular weight excluding hydrogens is 476 g/mol. The van der Waals surface area contributed by atoms with E-state index >= 15 is 0 Å². The van der Waals surface area contributed by atoms with E-state index in [-0.39, 0.29) is 35.9 Å². The first-order valence-electron chi connectivity index (χ1n) is 11.7. The second-order valence-corrected chi connectivity index (χ2v) is 11.7. The molecule has 1 saturated heterocycles. The van der Waals surface area contributed by atoms with Crippen LogP contribution in [-0.4, -0.2) is 43.7 Å². The zero-order valence-electron chi connectivity index (χ0n) is 19.6. The number of alkyl halides is 2. The number of halogens is 2. The van der Waals surface area contributed by atoms with Gasteiger partial charge in [-0.25, -0.2) is 17.2 Å². The van der Waals surface area contributed by atoms with E-state index < -0.39 is 28.5 Å². The minimum absolute atomic E-state index is 0.0378. The molecule has 1 aliphatic carbocycles. The molecule has 3 aliphatic rings. The topological polar surface area (TPSA) is 97.7 Å². The van der Waals surface area contributed by atoms with E-state index in [2.05, 4.69) is 15.3 Å². The van der Waals surface area contributed by atoms with Crippen LogP contribution in [0.2, 0.25) is 0 Å². The molecule has 2 aromatic rings. The molecule has 0 bridgehead atoms. The molecule has 1 atom stereocenters. The molecule has 2 fully saturated rings. The van der Waals surface area contributed by atoms with Crippen LogP contribution in [0, 0.1) is 5.92 Å². The summed E-state index contributed by atoms with van der Waals surface area (Å²) in [5.41, 5.74) is 4.34. The Morgan fingerprint density at radius 1 is 1.20 bits per heavy atom. The number of hydrogen-bond donors (Lipinski definition) is 1. The molecule has 0 amide bonds. The van der Waals surface area contributed by atoms with Crippen molar-refractivity contribution in [1.29, 1.82) is 0 Å². The summed E-state index contributed by atoms with van der Waals surface area (Å²) in [5.74, 6) is -2.58. The van der Waals surface area contributed by atoms with Crippen molar-refractivity contribution < 1.29 is 26.7 Å². The fourth-order valence-electron chi connectivity index (χ4n) is 4.56. The molecule has 1 saturated carbocycles. The van der Waals surface area contributed by atoms with Crippen molar-refractivity contribution in [2.24, 2.45) is 10.9 Å². The number of aromatic nitrogens is 1. The van der Waals surface area contributed by atoms with Gasteiger partial charge in [-0.3, -0.25) is 14.8 Å². The maximum atomic E-state index is 13.5. The normalized spacial score (nSPS) is 21.4. The molecule has 0 unspecified atom stereocenters. The van der Waals surface area contributed by atoms with Crippen LogP contribution in [0.3, 0.4) is 0 Å². The first-order chi connectivity index (χ1) is 16.5. The van der Waals surface area contributed by atoms with Crippen LogP contribution in [0.25, 0.3) is 0 Å². The highest BCUT2D eigenvalue weighted by molar-refractivity contribution is 7.90. The van der Waals surface area contributed by atoms with Gasteiger partial charge >= 0.3 is 0 Å². The Labute approximate surface area is 202 Å². The average Bonchev–Trinajstić information content (AvgIpc) is 3.55. The third-order valence-electron chi connectivity index (χ3n) is 6.55. The Kier molecular flexibility index (Phi) is 5.99. The first-order valence-corrected chi connectivity index (χ1v) is 13.6. The minimum atomic E-state index is -3.67. The van der Waals surface area contributed by atoms with E-state index in [1.165, 1.54) is 6.07 Å². The number of Topliss-reactive ketones (excluding diaryl/α,β-unsaturated/α-hetero) is 1. The van der Waals surface area contributed by atoms with Crippen molar-refractivity contribution >= 4 is 38.4 Å². The highest BCUT2D eigenvalue weighted by Crippen LogP contribution is 2.40. The van der Waals surface area contributed by atoms with Crippen LogP contribution in [0.1, 0.15) is 55.7 Å². The lowest BCUT2D eigenvalue weighted by atomic mass is 9.99. The molecule has 10 heteroatoms. The van der Waals surface area contributed by atoms with E-state index in [4.69, 9.17) is 4.74 Å². The van der Waals surface area contributed by atoms with E-state index in [0.29, 0.717) is 34.7 Å². The van der Waals surface area contributed by atoms with Gasteiger partial charge in [0.15, 0.2) is 9.84 Å². The second-order valence-electron chi connectivity index (χ2n) is 9.74. The van der Waals surface area contributed by atoms with E-state index in [0.717, 1.165) is 30.5 Å². The molecule has 0 radical (unpaired) electrons. The van der Waals surface area contributed by atoms with Crippen LogP contribution in [0.5, 0.6) is 0 Å². The predicted molar refractivity (Wildman–Crippen MR) is 128 cm³/mol. The number of rotatable bonds is 7. The van der Waals surface area contributed by atoms with Gasteiger partial charge in [-0.2, -0.15) is 0 Å². The number of anilines is 2. The smallest absolute Gasteiger partial charge is 0.271 e. The number of sulfone groups is 1. The molecule has 1 N–H and O–H groups in total. The minimum Gasteiger partial charge on any atom is -0.367 e. The Morgan fingerprint density at radius 2 is 1.97 bits per heavy atom. The number of benzene rings is 1. The Morgan fingerprint density at radius 3 is 2.63 bits per heavy atom. The lowest BCUT2D eigenvalue weighted by molar-refractivity contribution is -0.145. The molecule has 1 aromatic heterocycles. The summed E-state index contributed by atoms with van der Waals surface area (Å²) in [6.07, 6.45) is 2.94. The molecule has 3 heterocycles. The lowest BCUT2D eigenvalue weighted by Gasteiger charge is -2.29. The monoisotopic (exact) mass is 503 g/mol.